The van der Waals surface area contributed by atoms with E-state index in [1.54, 1.807) is 11.6 Å². The van der Waals surface area contributed by atoms with Gasteiger partial charge in [-0.1, -0.05) is 54.2 Å². The van der Waals surface area contributed by atoms with E-state index in [-0.39, 0.29) is 5.97 Å². The Morgan fingerprint density at radius 2 is 2.04 bits per heavy atom. The third-order valence-electron chi connectivity index (χ3n) is 4.26. The summed E-state index contributed by atoms with van der Waals surface area (Å²) in [6.07, 6.45) is 1.87. The summed E-state index contributed by atoms with van der Waals surface area (Å²) < 4.78 is 6.97. The maximum Gasteiger partial charge on any atom is 0.340 e. The molecule has 0 amide bonds. The fraction of sp³-hybridized carbons (Fsp3) is 0.200. The maximum absolute atomic E-state index is 12.7. The monoisotopic (exact) mass is 378 g/mol. The average Bonchev–Trinajstić information content (AvgIpc) is 3.06. The van der Waals surface area contributed by atoms with E-state index >= 15 is 0 Å². The van der Waals surface area contributed by atoms with Crippen LogP contribution in [0.25, 0.3) is 16.8 Å². The molecular weight excluding hydrogens is 360 g/mol. The van der Waals surface area contributed by atoms with Crippen LogP contribution in [-0.4, -0.2) is 38.9 Å². The predicted octanol–water partition coefficient (Wildman–Crippen LogP) is 3.70. The van der Waals surface area contributed by atoms with E-state index in [0.29, 0.717) is 29.5 Å². The number of aromatic nitrogens is 3. The van der Waals surface area contributed by atoms with Gasteiger partial charge in [-0.3, -0.25) is 0 Å². The maximum atomic E-state index is 12.7. The number of rotatable bonds is 4. The van der Waals surface area contributed by atoms with Crippen LogP contribution < -0.4 is 0 Å². The zero-order chi connectivity index (χ0) is 18.8. The van der Waals surface area contributed by atoms with Gasteiger partial charge in [0.2, 0.25) is 5.16 Å². The number of benzene rings is 2. The highest BCUT2D eigenvalue weighted by Crippen LogP contribution is 2.26. The Morgan fingerprint density at radius 1 is 1.22 bits per heavy atom. The first-order valence-electron chi connectivity index (χ1n) is 8.67. The molecule has 1 aliphatic rings. The smallest absolute Gasteiger partial charge is 0.340 e. The molecule has 0 spiro atoms. The van der Waals surface area contributed by atoms with Crippen molar-refractivity contribution in [1.29, 1.82) is 0 Å². The molecule has 3 aromatic rings. The first kappa shape index (κ1) is 17.5. The molecular formula is C20H18N4O2S. The number of thioether (sulfide) groups is 1. The molecule has 6 nitrogen and oxygen atoms in total. The van der Waals surface area contributed by atoms with E-state index in [9.17, 15) is 4.79 Å². The van der Waals surface area contributed by atoms with E-state index < -0.39 is 0 Å². The van der Waals surface area contributed by atoms with Gasteiger partial charge in [-0.25, -0.2) is 4.79 Å². The molecule has 0 unspecified atom stereocenters. The summed E-state index contributed by atoms with van der Waals surface area (Å²) >= 11 is 1.51. The lowest BCUT2D eigenvalue weighted by Crippen LogP contribution is -2.21. The molecule has 1 aromatic heterocycles. The molecule has 1 aliphatic heterocycles. The van der Waals surface area contributed by atoms with Crippen LogP contribution in [0.2, 0.25) is 0 Å². The Morgan fingerprint density at radius 3 is 2.89 bits per heavy atom. The molecule has 27 heavy (non-hydrogen) atoms. The van der Waals surface area contributed by atoms with Crippen molar-refractivity contribution in [2.24, 2.45) is 5.10 Å². The number of hydrogen-bond acceptors (Lipinski definition) is 6. The fourth-order valence-corrected chi connectivity index (χ4v) is 3.83. The Kier molecular flexibility index (Phi) is 4.77. The number of esters is 1. The van der Waals surface area contributed by atoms with Crippen molar-refractivity contribution in [3.8, 4) is 0 Å². The topological polar surface area (TPSA) is 69.4 Å². The van der Waals surface area contributed by atoms with Crippen molar-refractivity contribution >= 4 is 40.3 Å². The first-order valence-corrected chi connectivity index (χ1v) is 9.65. The van der Waals surface area contributed by atoms with Gasteiger partial charge in [0.05, 0.1) is 17.9 Å². The van der Waals surface area contributed by atoms with E-state index in [1.165, 1.54) is 11.8 Å². The van der Waals surface area contributed by atoms with Crippen molar-refractivity contribution in [3.05, 3.63) is 59.4 Å². The van der Waals surface area contributed by atoms with Crippen molar-refractivity contribution in [3.63, 3.8) is 0 Å². The van der Waals surface area contributed by atoms with Crippen LogP contribution in [0.3, 0.4) is 0 Å². The summed E-state index contributed by atoms with van der Waals surface area (Å²) in [5.74, 6) is 0.843. The van der Waals surface area contributed by atoms with E-state index in [1.807, 2.05) is 43.3 Å². The Labute approximate surface area is 160 Å². The highest BCUT2D eigenvalue weighted by Gasteiger charge is 2.24. The Balaban J connectivity index is 1.85. The molecule has 7 heteroatoms. The summed E-state index contributed by atoms with van der Waals surface area (Å²) in [6, 6.07) is 14.1. The van der Waals surface area contributed by atoms with Crippen molar-refractivity contribution in [2.45, 2.75) is 19.0 Å². The lowest BCUT2D eigenvalue weighted by atomic mass is 10.0. The molecule has 0 atom stereocenters. The van der Waals surface area contributed by atoms with Gasteiger partial charge < -0.3 is 4.74 Å². The van der Waals surface area contributed by atoms with Crippen molar-refractivity contribution in [2.75, 3.05) is 12.4 Å². The highest BCUT2D eigenvalue weighted by atomic mass is 32.2. The minimum Gasteiger partial charge on any atom is -0.462 e. The van der Waals surface area contributed by atoms with Gasteiger partial charge in [0.1, 0.15) is 0 Å². The summed E-state index contributed by atoms with van der Waals surface area (Å²) in [4.78, 5) is 12.7. The van der Waals surface area contributed by atoms with Crippen LogP contribution in [-0.2, 0) is 9.53 Å². The third-order valence-corrected chi connectivity index (χ3v) is 5.19. The number of carbonyl (C=O) groups excluding carboxylic acids is 1. The van der Waals surface area contributed by atoms with Gasteiger partial charge >= 0.3 is 5.97 Å². The van der Waals surface area contributed by atoms with Crippen LogP contribution in [0.4, 0.5) is 0 Å². The van der Waals surface area contributed by atoms with Crippen LogP contribution in [0, 0.1) is 6.92 Å². The molecule has 0 bridgehead atoms. The second-order valence-corrected chi connectivity index (χ2v) is 6.97. The van der Waals surface area contributed by atoms with Crippen LogP contribution in [0.1, 0.15) is 18.3 Å². The second kappa shape index (κ2) is 7.36. The standard InChI is InChI=1S/C20H18N4O2S/c1-3-26-19(25)17(18-12-27-20-22-21-13(2)24(20)23-18)11-15-9-6-8-14-7-4-5-10-16(14)15/h4-11H,3,12H2,1-2H3. The van der Waals surface area contributed by atoms with Gasteiger partial charge in [-0.05, 0) is 36.3 Å². The third kappa shape index (κ3) is 3.38. The number of carbonyl (C=O) groups is 1. The number of ether oxygens (including phenoxy) is 1. The second-order valence-electron chi connectivity index (χ2n) is 6.02. The van der Waals surface area contributed by atoms with Gasteiger partial charge in [0.15, 0.2) is 5.82 Å². The zero-order valence-electron chi connectivity index (χ0n) is 15.0. The summed E-state index contributed by atoms with van der Waals surface area (Å²) in [5.41, 5.74) is 2.07. The van der Waals surface area contributed by atoms with Crippen molar-refractivity contribution in [1.82, 2.24) is 14.9 Å². The molecule has 4 rings (SSSR count). The average molecular weight is 378 g/mol. The molecule has 0 N–H and O–H groups in total. The highest BCUT2D eigenvalue weighted by molar-refractivity contribution is 7.99. The van der Waals surface area contributed by atoms with Gasteiger partial charge in [-0.2, -0.15) is 9.78 Å². The number of fused-ring (bicyclic) bond motifs is 2. The molecule has 0 radical (unpaired) electrons. The lowest BCUT2D eigenvalue weighted by Gasteiger charge is -2.15. The first-order chi connectivity index (χ1) is 13.2. The molecule has 136 valence electrons. The minimum atomic E-state index is -0.376. The van der Waals surface area contributed by atoms with Crippen molar-refractivity contribution < 1.29 is 9.53 Å². The van der Waals surface area contributed by atoms with E-state index in [0.717, 1.165) is 21.5 Å². The lowest BCUT2D eigenvalue weighted by molar-refractivity contribution is -0.137. The van der Waals surface area contributed by atoms with Crippen LogP contribution in [0.15, 0.2) is 58.3 Å². The Hall–Kier alpha value is -2.93. The van der Waals surface area contributed by atoms with Crippen LogP contribution >= 0.6 is 11.8 Å². The molecule has 0 saturated carbocycles. The molecule has 0 saturated heterocycles. The molecule has 2 aromatic carbocycles. The van der Waals surface area contributed by atoms with Gasteiger partial charge in [0.25, 0.3) is 0 Å². The number of hydrogen-bond donors (Lipinski definition) is 0. The Bertz CT molecular complexity index is 1080. The molecule has 2 heterocycles. The normalized spacial score (nSPS) is 14.0. The van der Waals surface area contributed by atoms with Crippen LogP contribution in [0.5, 0.6) is 0 Å². The quantitative estimate of drug-likeness (QED) is 0.511. The molecule has 0 aliphatic carbocycles. The largest absolute Gasteiger partial charge is 0.462 e. The van der Waals surface area contributed by atoms with E-state index in [4.69, 9.17) is 4.74 Å². The minimum absolute atomic E-state index is 0.309. The van der Waals surface area contributed by atoms with Gasteiger partial charge in [0, 0.05) is 5.75 Å². The summed E-state index contributed by atoms with van der Waals surface area (Å²) in [6.45, 7) is 3.94. The van der Waals surface area contributed by atoms with Gasteiger partial charge in [-0.15, -0.1) is 10.2 Å². The predicted molar refractivity (Wildman–Crippen MR) is 107 cm³/mol. The molecule has 0 fully saturated rings. The van der Waals surface area contributed by atoms with E-state index in [2.05, 4.69) is 27.4 Å². The summed E-state index contributed by atoms with van der Waals surface area (Å²) in [5, 5.41) is 15.7. The number of aryl methyl sites for hydroxylation is 1. The SMILES string of the molecule is CCOC(=O)C(=Cc1cccc2ccccc12)C1=Nn2c(C)nnc2SC1. The number of nitrogens with zero attached hydrogens (tertiary/aromatic N) is 4. The summed E-state index contributed by atoms with van der Waals surface area (Å²) in [7, 11) is 0. The fourth-order valence-electron chi connectivity index (χ4n) is 2.96. The zero-order valence-corrected chi connectivity index (χ0v) is 15.9.